The van der Waals surface area contributed by atoms with E-state index in [1.807, 2.05) is 48.5 Å². The molecule has 2 aromatic rings. The fraction of sp³-hybridized carbons (Fsp3) is 0. The number of hydrogen-bond acceptors (Lipinski definition) is 4. The quantitative estimate of drug-likeness (QED) is 0.776. The van der Waals surface area contributed by atoms with E-state index in [1.54, 1.807) is 0 Å². The molecule has 3 N–H and O–H groups in total. The number of nitrogens with one attached hydrogen (secondary N) is 1. The predicted octanol–water partition coefficient (Wildman–Crippen LogP) is 2.79. The third-order valence-electron chi connectivity index (χ3n) is 1.89. The van der Waals surface area contributed by atoms with Crippen molar-refractivity contribution in [2.24, 2.45) is 5.14 Å². The number of nitrogens with zero attached hydrogens (tertiary/aromatic N) is 1. The Bertz CT molecular complexity index is 431. The Morgan fingerprint density at radius 2 is 1.80 bits per heavy atom. The molecule has 1 heterocycles. The van der Waals surface area contributed by atoms with Crippen molar-refractivity contribution in [1.82, 2.24) is 4.98 Å². The lowest BCUT2D eigenvalue weighted by molar-refractivity contribution is 1.14. The van der Waals surface area contributed by atoms with Crippen LogP contribution in [0.1, 0.15) is 0 Å². The maximum Gasteiger partial charge on any atom is 0.131 e. The van der Waals surface area contributed by atoms with Crippen LogP contribution in [0.4, 0.5) is 11.5 Å². The summed E-state index contributed by atoms with van der Waals surface area (Å²) in [7, 11) is 0. The van der Waals surface area contributed by atoms with Gasteiger partial charge in [-0.1, -0.05) is 24.3 Å². The predicted molar refractivity (Wildman–Crippen MR) is 64.0 cm³/mol. The summed E-state index contributed by atoms with van der Waals surface area (Å²) in [5, 5.41) is 9.44. The first-order valence-electron chi connectivity index (χ1n) is 4.54. The molecule has 1 aromatic heterocycles. The van der Waals surface area contributed by atoms with Gasteiger partial charge >= 0.3 is 0 Å². The normalized spacial score (nSPS) is 9.93. The fourth-order valence-electron chi connectivity index (χ4n) is 1.22. The fourth-order valence-corrected chi connectivity index (χ4v) is 1.53. The first kappa shape index (κ1) is 10.0. The second-order valence-electron chi connectivity index (χ2n) is 2.97. The highest BCUT2D eigenvalue weighted by molar-refractivity contribution is 7.97. The topological polar surface area (TPSA) is 50.9 Å². The zero-order valence-corrected chi connectivity index (χ0v) is 8.87. The molecule has 15 heavy (non-hydrogen) atoms. The third kappa shape index (κ3) is 2.71. The van der Waals surface area contributed by atoms with Gasteiger partial charge < -0.3 is 5.32 Å². The molecule has 0 aliphatic heterocycles. The SMILES string of the molecule is NSc1cccc(Nc2ccccc2)n1. The summed E-state index contributed by atoms with van der Waals surface area (Å²) in [6, 6.07) is 15.6. The standard InChI is InChI=1S/C11H11N3S/c12-15-11-8-4-7-10(14-11)13-9-5-2-1-3-6-9/h1-8H,12H2,(H,13,14). The number of benzene rings is 1. The van der Waals surface area contributed by atoms with E-state index in [-0.39, 0.29) is 0 Å². The summed E-state index contributed by atoms with van der Waals surface area (Å²) >= 11 is 1.14. The van der Waals surface area contributed by atoms with E-state index in [0.29, 0.717) is 0 Å². The highest BCUT2D eigenvalue weighted by atomic mass is 32.2. The van der Waals surface area contributed by atoms with Gasteiger partial charge in [0, 0.05) is 5.69 Å². The average Bonchev–Trinajstić information content (AvgIpc) is 2.31. The number of hydrogen-bond donors (Lipinski definition) is 2. The maximum absolute atomic E-state index is 5.44. The minimum Gasteiger partial charge on any atom is -0.340 e. The van der Waals surface area contributed by atoms with E-state index in [1.165, 1.54) is 0 Å². The Morgan fingerprint density at radius 1 is 1.00 bits per heavy atom. The van der Waals surface area contributed by atoms with Crippen LogP contribution in [0.25, 0.3) is 0 Å². The van der Waals surface area contributed by atoms with Crippen LogP contribution in [0.5, 0.6) is 0 Å². The van der Waals surface area contributed by atoms with Crippen LogP contribution in [-0.2, 0) is 0 Å². The molecule has 0 bridgehead atoms. The zero-order chi connectivity index (χ0) is 10.5. The van der Waals surface area contributed by atoms with Gasteiger partial charge in [-0.25, -0.2) is 4.98 Å². The Labute approximate surface area is 92.9 Å². The van der Waals surface area contributed by atoms with E-state index in [0.717, 1.165) is 28.5 Å². The molecule has 0 radical (unpaired) electrons. The molecule has 0 amide bonds. The molecule has 2 rings (SSSR count). The van der Waals surface area contributed by atoms with Crippen molar-refractivity contribution in [3.05, 3.63) is 48.5 Å². The van der Waals surface area contributed by atoms with Crippen molar-refractivity contribution in [1.29, 1.82) is 0 Å². The number of aromatic nitrogens is 1. The van der Waals surface area contributed by atoms with Gasteiger partial charge in [-0.05, 0) is 36.2 Å². The van der Waals surface area contributed by atoms with Crippen molar-refractivity contribution in [3.8, 4) is 0 Å². The van der Waals surface area contributed by atoms with Gasteiger partial charge in [-0.3, -0.25) is 5.14 Å². The Balaban J connectivity index is 2.17. The number of pyridine rings is 1. The first-order valence-corrected chi connectivity index (χ1v) is 5.42. The van der Waals surface area contributed by atoms with Crippen LogP contribution in [0.15, 0.2) is 53.6 Å². The van der Waals surface area contributed by atoms with Gasteiger partial charge in [-0.15, -0.1) is 0 Å². The summed E-state index contributed by atoms with van der Waals surface area (Å²) < 4.78 is 0. The molecular formula is C11H11N3S. The molecule has 0 aliphatic rings. The third-order valence-corrected chi connectivity index (χ3v) is 2.36. The number of rotatable bonds is 3. The lowest BCUT2D eigenvalue weighted by atomic mass is 10.3. The lowest BCUT2D eigenvalue weighted by Crippen LogP contribution is -1.94. The van der Waals surface area contributed by atoms with E-state index in [4.69, 9.17) is 5.14 Å². The maximum atomic E-state index is 5.44. The average molecular weight is 217 g/mol. The summed E-state index contributed by atoms with van der Waals surface area (Å²) in [6.45, 7) is 0. The zero-order valence-electron chi connectivity index (χ0n) is 8.05. The Morgan fingerprint density at radius 3 is 2.53 bits per heavy atom. The van der Waals surface area contributed by atoms with Crippen molar-refractivity contribution in [3.63, 3.8) is 0 Å². The minimum absolute atomic E-state index is 0.802. The second-order valence-corrected chi connectivity index (χ2v) is 3.62. The monoisotopic (exact) mass is 217 g/mol. The van der Waals surface area contributed by atoms with Crippen molar-refractivity contribution in [2.75, 3.05) is 5.32 Å². The molecule has 1 aromatic carbocycles. The minimum atomic E-state index is 0.802. The highest BCUT2D eigenvalue weighted by Gasteiger charge is 1.96. The molecule has 0 spiro atoms. The van der Waals surface area contributed by atoms with E-state index >= 15 is 0 Å². The van der Waals surface area contributed by atoms with Gasteiger partial charge in [-0.2, -0.15) is 0 Å². The van der Waals surface area contributed by atoms with Crippen LogP contribution >= 0.6 is 11.9 Å². The van der Waals surface area contributed by atoms with Crippen molar-refractivity contribution in [2.45, 2.75) is 5.03 Å². The smallest absolute Gasteiger partial charge is 0.131 e. The van der Waals surface area contributed by atoms with Crippen LogP contribution in [0, 0.1) is 0 Å². The summed E-state index contributed by atoms with van der Waals surface area (Å²) in [6.07, 6.45) is 0. The molecule has 0 aliphatic carbocycles. The Kier molecular flexibility index (Phi) is 3.22. The molecule has 0 atom stereocenters. The molecule has 0 saturated heterocycles. The molecule has 4 heteroatoms. The van der Waals surface area contributed by atoms with Crippen molar-refractivity contribution >= 4 is 23.5 Å². The van der Waals surface area contributed by atoms with Gasteiger partial charge in [0.1, 0.15) is 10.8 Å². The lowest BCUT2D eigenvalue weighted by Gasteiger charge is -2.05. The number of para-hydroxylation sites is 1. The van der Waals surface area contributed by atoms with Gasteiger partial charge in [0.25, 0.3) is 0 Å². The van der Waals surface area contributed by atoms with Crippen LogP contribution in [0.3, 0.4) is 0 Å². The molecular weight excluding hydrogens is 206 g/mol. The molecule has 76 valence electrons. The van der Waals surface area contributed by atoms with Crippen LogP contribution in [0.2, 0.25) is 0 Å². The molecule has 3 nitrogen and oxygen atoms in total. The summed E-state index contributed by atoms with van der Waals surface area (Å²) in [5.41, 5.74) is 1.02. The van der Waals surface area contributed by atoms with E-state index in [2.05, 4.69) is 10.3 Å². The van der Waals surface area contributed by atoms with E-state index < -0.39 is 0 Å². The van der Waals surface area contributed by atoms with Gasteiger partial charge in [0.15, 0.2) is 0 Å². The van der Waals surface area contributed by atoms with Gasteiger partial charge in [0.05, 0.1) is 0 Å². The Hall–Kier alpha value is -1.52. The highest BCUT2D eigenvalue weighted by Crippen LogP contribution is 2.16. The second kappa shape index (κ2) is 4.82. The number of nitrogens with two attached hydrogens (primary N) is 1. The van der Waals surface area contributed by atoms with Crippen molar-refractivity contribution < 1.29 is 0 Å². The summed E-state index contributed by atoms with van der Waals surface area (Å²) in [5.74, 6) is 0.802. The summed E-state index contributed by atoms with van der Waals surface area (Å²) in [4.78, 5) is 4.31. The molecule has 0 saturated carbocycles. The molecule has 0 unspecified atom stereocenters. The largest absolute Gasteiger partial charge is 0.340 e. The van der Waals surface area contributed by atoms with Gasteiger partial charge in [0.2, 0.25) is 0 Å². The first-order chi connectivity index (χ1) is 7.38. The van der Waals surface area contributed by atoms with Crippen LogP contribution < -0.4 is 10.5 Å². The van der Waals surface area contributed by atoms with Crippen LogP contribution in [-0.4, -0.2) is 4.98 Å². The number of anilines is 2. The van der Waals surface area contributed by atoms with E-state index in [9.17, 15) is 0 Å². The molecule has 0 fully saturated rings.